The summed E-state index contributed by atoms with van der Waals surface area (Å²) in [6, 6.07) is 15.4. The molecule has 2 aromatic rings. The van der Waals surface area contributed by atoms with Crippen LogP contribution < -0.4 is 10.1 Å². The van der Waals surface area contributed by atoms with E-state index >= 15 is 0 Å². The highest BCUT2D eigenvalue weighted by atomic mass is 35.5. The number of hydrogen-bond acceptors (Lipinski definition) is 2. The highest BCUT2D eigenvalue weighted by molar-refractivity contribution is 6.30. The van der Waals surface area contributed by atoms with Crippen LogP contribution in [0.25, 0.3) is 0 Å². The molecule has 0 spiro atoms. The van der Waals surface area contributed by atoms with Crippen LogP contribution in [-0.2, 0) is 11.2 Å². The highest BCUT2D eigenvalue weighted by Crippen LogP contribution is 2.19. The lowest BCUT2D eigenvalue weighted by molar-refractivity contribution is -0.121. The fraction of sp³-hybridized carbons (Fsp3) is 0.316. The standard InChI is InChI=1S/C19H22ClNO2/c1-3-18(15-8-10-16(20)11-9-15)21-19(22)12-7-14-5-4-6-17(13-14)23-2/h4-6,8-11,13,18H,3,7,12H2,1-2H3,(H,21,22). The molecule has 0 bridgehead atoms. The topological polar surface area (TPSA) is 38.3 Å². The summed E-state index contributed by atoms with van der Waals surface area (Å²) in [7, 11) is 1.64. The number of hydrogen-bond donors (Lipinski definition) is 1. The molecule has 3 nitrogen and oxygen atoms in total. The summed E-state index contributed by atoms with van der Waals surface area (Å²) in [5, 5.41) is 3.79. The van der Waals surface area contributed by atoms with Crippen molar-refractivity contribution in [3.05, 3.63) is 64.7 Å². The Morgan fingerprint density at radius 2 is 1.96 bits per heavy atom. The molecule has 2 rings (SSSR count). The van der Waals surface area contributed by atoms with Gasteiger partial charge in [-0.2, -0.15) is 0 Å². The van der Waals surface area contributed by atoms with Crippen LogP contribution in [0.5, 0.6) is 5.75 Å². The van der Waals surface area contributed by atoms with Gasteiger partial charge < -0.3 is 10.1 Å². The maximum Gasteiger partial charge on any atom is 0.220 e. The molecule has 1 amide bonds. The zero-order chi connectivity index (χ0) is 16.7. The van der Waals surface area contributed by atoms with Gasteiger partial charge >= 0.3 is 0 Å². The quantitative estimate of drug-likeness (QED) is 0.808. The Morgan fingerprint density at radius 3 is 2.61 bits per heavy atom. The SMILES string of the molecule is CCC(NC(=O)CCc1cccc(OC)c1)c1ccc(Cl)cc1. The lowest BCUT2D eigenvalue weighted by Crippen LogP contribution is -2.28. The molecule has 0 aliphatic heterocycles. The summed E-state index contributed by atoms with van der Waals surface area (Å²) in [5.41, 5.74) is 2.17. The van der Waals surface area contributed by atoms with Gasteiger partial charge in [-0.1, -0.05) is 42.8 Å². The fourth-order valence-electron chi connectivity index (χ4n) is 2.47. The van der Waals surface area contributed by atoms with Crippen molar-refractivity contribution in [2.75, 3.05) is 7.11 Å². The fourth-order valence-corrected chi connectivity index (χ4v) is 2.59. The summed E-state index contributed by atoms with van der Waals surface area (Å²) < 4.78 is 5.20. The number of methoxy groups -OCH3 is 1. The Bertz CT molecular complexity index is 640. The molecule has 2 aromatic carbocycles. The van der Waals surface area contributed by atoms with E-state index in [-0.39, 0.29) is 11.9 Å². The molecular weight excluding hydrogens is 310 g/mol. The van der Waals surface area contributed by atoms with Gasteiger partial charge in [-0.3, -0.25) is 4.79 Å². The van der Waals surface area contributed by atoms with E-state index in [2.05, 4.69) is 12.2 Å². The number of aryl methyl sites for hydroxylation is 1. The molecule has 1 N–H and O–H groups in total. The number of rotatable bonds is 7. The number of carbonyl (C=O) groups excluding carboxylic acids is 1. The third-order valence-corrected chi connectivity index (χ3v) is 4.04. The predicted octanol–water partition coefficient (Wildman–Crippen LogP) is 4.55. The van der Waals surface area contributed by atoms with Crippen LogP contribution in [0.1, 0.15) is 36.9 Å². The molecule has 0 saturated carbocycles. The first-order valence-electron chi connectivity index (χ1n) is 7.80. The maximum atomic E-state index is 12.2. The number of amides is 1. The second-order valence-corrected chi connectivity index (χ2v) is 5.87. The van der Waals surface area contributed by atoms with Gasteiger partial charge in [0.2, 0.25) is 5.91 Å². The average molecular weight is 332 g/mol. The molecule has 0 heterocycles. The van der Waals surface area contributed by atoms with Gasteiger partial charge in [-0.15, -0.1) is 0 Å². The molecule has 4 heteroatoms. The molecule has 1 unspecified atom stereocenters. The predicted molar refractivity (Wildman–Crippen MR) is 93.9 cm³/mol. The Labute approximate surface area is 142 Å². The van der Waals surface area contributed by atoms with Crippen molar-refractivity contribution in [1.82, 2.24) is 5.32 Å². The van der Waals surface area contributed by atoms with Gasteiger partial charge in [0.1, 0.15) is 5.75 Å². The highest BCUT2D eigenvalue weighted by Gasteiger charge is 2.12. The average Bonchev–Trinajstić information content (AvgIpc) is 2.59. The normalized spacial score (nSPS) is 11.8. The second-order valence-electron chi connectivity index (χ2n) is 5.43. The number of ether oxygens (including phenoxy) is 1. The van der Waals surface area contributed by atoms with Crippen LogP contribution in [-0.4, -0.2) is 13.0 Å². The molecule has 1 atom stereocenters. The van der Waals surface area contributed by atoms with Crippen LogP contribution in [0.4, 0.5) is 0 Å². The van der Waals surface area contributed by atoms with Crippen molar-refractivity contribution in [2.45, 2.75) is 32.2 Å². The minimum atomic E-state index is 0.0186. The van der Waals surface area contributed by atoms with Crippen molar-refractivity contribution in [3.63, 3.8) is 0 Å². The largest absolute Gasteiger partial charge is 0.497 e. The van der Waals surface area contributed by atoms with Crippen LogP contribution in [0.2, 0.25) is 5.02 Å². The van der Waals surface area contributed by atoms with E-state index in [0.29, 0.717) is 17.9 Å². The first-order valence-corrected chi connectivity index (χ1v) is 8.18. The third kappa shape index (κ3) is 5.29. The molecule has 0 radical (unpaired) electrons. The van der Waals surface area contributed by atoms with E-state index < -0.39 is 0 Å². The van der Waals surface area contributed by atoms with Gasteiger partial charge in [-0.25, -0.2) is 0 Å². The van der Waals surface area contributed by atoms with E-state index in [1.54, 1.807) is 7.11 Å². The summed E-state index contributed by atoms with van der Waals surface area (Å²) in [6.07, 6.45) is 1.99. The van der Waals surface area contributed by atoms with Crippen molar-refractivity contribution < 1.29 is 9.53 Å². The van der Waals surface area contributed by atoms with Gasteiger partial charge in [0, 0.05) is 11.4 Å². The Hall–Kier alpha value is -2.00. The lowest BCUT2D eigenvalue weighted by Gasteiger charge is -2.17. The number of carbonyl (C=O) groups is 1. The van der Waals surface area contributed by atoms with E-state index in [9.17, 15) is 4.79 Å². The summed E-state index contributed by atoms with van der Waals surface area (Å²) in [5.74, 6) is 0.866. The first-order chi connectivity index (χ1) is 11.1. The van der Waals surface area contributed by atoms with E-state index in [1.807, 2.05) is 48.5 Å². The van der Waals surface area contributed by atoms with Gasteiger partial charge in [-0.05, 0) is 48.2 Å². The Kier molecular flexibility index (Phi) is 6.48. The van der Waals surface area contributed by atoms with E-state index in [1.165, 1.54) is 0 Å². The van der Waals surface area contributed by atoms with E-state index in [0.717, 1.165) is 23.3 Å². The summed E-state index contributed by atoms with van der Waals surface area (Å²) in [4.78, 5) is 12.2. The van der Waals surface area contributed by atoms with Crippen LogP contribution >= 0.6 is 11.6 Å². The minimum absolute atomic E-state index is 0.0186. The van der Waals surface area contributed by atoms with Crippen molar-refractivity contribution in [1.29, 1.82) is 0 Å². The number of nitrogens with one attached hydrogen (secondary N) is 1. The third-order valence-electron chi connectivity index (χ3n) is 3.79. The first kappa shape index (κ1) is 17.4. The van der Waals surface area contributed by atoms with Gasteiger partial charge in [0.05, 0.1) is 13.2 Å². The molecular formula is C19H22ClNO2. The zero-order valence-electron chi connectivity index (χ0n) is 13.5. The van der Waals surface area contributed by atoms with Crippen LogP contribution in [0, 0.1) is 0 Å². The van der Waals surface area contributed by atoms with Crippen molar-refractivity contribution in [2.24, 2.45) is 0 Å². The van der Waals surface area contributed by atoms with Crippen molar-refractivity contribution >= 4 is 17.5 Å². The van der Waals surface area contributed by atoms with Crippen molar-refractivity contribution in [3.8, 4) is 5.75 Å². The zero-order valence-corrected chi connectivity index (χ0v) is 14.3. The molecule has 122 valence electrons. The maximum absolute atomic E-state index is 12.2. The molecule has 0 aliphatic carbocycles. The monoisotopic (exact) mass is 331 g/mol. The summed E-state index contributed by atoms with van der Waals surface area (Å²) >= 11 is 5.91. The number of benzene rings is 2. The molecule has 0 saturated heterocycles. The molecule has 0 aromatic heterocycles. The Morgan fingerprint density at radius 1 is 1.22 bits per heavy atom. The lowest BCUT2D eigenvalue weighted by atomic mass is 10.0. The minimum Gasteiger partial charge on any atom is -0.497 e. The van der Waals surface area contributed by atoms with Gasteiger partial charge in [0.25, 0.3) is 0 Å². The second kappa shape index (κ2) is 8.59. The molecule has 23 heavy (non-hydrogen) atoms. The Balaban J connectivity index is 1.90. The van der Waals surface area contributed by atoms with E-state index in [4.69, 9.17) is 16.3 Å². The van der Waals surface area contributed by atoms with Crippen LogP contribution in [0.3, 0.4) is 0 Å². The smallest absolute Gasteiger partial charge is 0.220 e. The summed E-state index contributed by atoms with van der Waals surface area (Å²) in [6.45, 7) is 2.06. The van der Waals surface area contributed by atoms with Gasteiger partial charge in [0.15, 0.2) is 0 Å². The molecule has 0 aliphatic rings. The van der Waals surface area contributed by atoms with Crippen LogP contribution in [0.15, 0.2) is 48.5 Å². The number of halogens is 1. The molecule has 0 fully saturated rings.